The van der Waals surface area contributed by atoms with Crippen molar-refractivity contribution >= 4 is 29.2 Å². The van der Waals surface area contributed by atoms with Crippen LogP contribution in [0.1, 0.15) is 39.3 Å². The standard InChI is InChI=1S/C14H23ClN2S/c1-4-8-16-14-6-5-12(15)13(17-14)10-18-9-7-11(2)3/h5-6,11H,4,7-10H2,1-3H3,(H,16,17). The predicted molar refractivity (Wildman–Crippen MR) is 83.6 cm³/mol. The van der Waals surface area contributed by atoms with Gasteiger partial charge in [-0.3, -0.25) is 0 Å². The van der Waals surface area contributed by atoms with Crippen molar-refractivity contribution in [1.82, 2.24) is 4.98 Å². The van der Waals surface area contributed by atoms with Gasteiger partial charge in [0.2, 0.25) is 0 Å². The number of nitrogens with one attached hydrogen (secondary N) is 1. The summed E-state index contributed by atoms with van der Waals surface area (Å²) < 4.78 is 0. The molecule has 1 aromatic rings. The molecular weight excluding hydrogens is 264 g/mol. The van der Waals surface area contributed by atoms with Crippen LogP contribution in [0.15, 0.2) is 12.1 Å². The SMILES string of the molecule is CCCNc1ccc(Cl)c(CSCCC(C)C)n1. The number of thioether (sulfide) groups is 1. The number of anilines is 1. The molecule has 0 aromatic carbocycles. The molecule has 0 spiro atoms. The summed E-state index contributed by atoms with van der Waals surface area (Å²) in [5, 5.41) is 4.06. The van der Waals surface area contributed by atoms with Gasteiger partial charge in [0, 0.05) is 12.3 Å². The Bertz CT molecular complexity index is 356. The normalized spacial score (nSPS) is 10.9. The lowest BCUT2D eigenvalue weighted by atomic mass is 10.2. The second-order valence-corrected chi connectivity index (χ2v) is 6.30. The van der Waals surface area contributed by atoms with Crippen LogP contribution in [0.3, 0.4) is 0 Å². The molecule has 0 aliphatic carbocycles. The van der Waals surface area contributed by atoms with Crippen LogP contribution in [-0.4, -0.2) is 17.3 Å². The highest BCUT2D eigenvalue weighted by Gasteiger charge is 2.04. The van der Waals surface area contributed by atoms with Crippen molar-refractivity contribution in [3.05, 3.63) is 22.8 Å². The summed E-state index contributed by atoms with van der Waals surface area (Å²) in [5.74, 6) is 3.76. The maximum absolute atomic E-state index is 6.17. The zero-order valence-corrected chi connectivity index (χ0v) is 13.1. The number of hydrogen-bond acceptors (Lipinski definition) is 3. The smallest absolute Gasteiger partial charge is 0.126 e. The van der Waals surface area contributed by atoms with Gasteiger partial charge in [0.15, 0.2) is 0 Å². The number of hydrogen-bond donors (Lipinski definition) is 1. The molecule has 4 heteroatoms. The molecule has 0 aliphatic heterocycles. The fourth-order valence-corrected chi connectivity index (χ4v) is 2.87. The first-order valence-electron chi connectivity index (χ1n) is 6.60. The zero-order valence-electron chi connectivity index (χ0n) is 11.5. The maximum atomic E-state index is 6.17. The van der Waals surface area contributed by atoms with E-state index in [0.29, 0.717) is 0 Å². The fourth-order valence-electron chi connectivity index (χ4n) is 1.42. The quantitative estimate of drug-likeness (QED) is 0.693. The van der Waals surface area contributed by atoms with Crippen LogP contribution in [-0.2, 0) is 5.75 Å². The van der Waals surface area contributed by atoms with E-state index in [-0.39, 0.29) is 0 Å². The molecule has 1 rings (SSSR count). The van der Waals surface area contributed by atoms with Crippen molar-refractivity contribution in [2.45, 2.75) is 39.4 Å². The molecule has 102 valence electrons. The summed E-state index contributed by atoms with van der Waals surface area (Å²) in [6, 6.07) is 3.88. The summed E-state index contributed by atoms with van der Waals surface area (Å²) in [6.07, 6.45) is 2.35. The second kappa shape index (κ2) is 8.65. The fraction of sp³-hybridized carbons (Fsp3) is 0.643. The first kappa shape index (κ1) is 15.6. The Balaban J connectivity index is 2.47. The Labute approximate surface area is 120 Å². The summed E-state index contributed by atoms with van der Waals surface area (Å²) in [5.41, 5.74) is 0.992. The zero-order chi connectivity index (χ0) is 13.4. The number of rotatable bonds is 8. The summed E-state index contributed by atoms with van der Waals surface area (Å²) in [7, 11) is 0. The molecule has 1 heterocycles. The number of aromatic nitrogens is 1. The van der Waals surface area contributed by atoms with Crippen LogP contribution >= 0.6 is 23.4 Å². The van der Waals surface area contributed by atoms with Gasteiger partial charge in [0.05, 0.1) is 10.7 Å². The van der Waals surface area contributed by atoms with Crippen molar-refractivity contribution in [2.24, 2.45) is 5.92 Å². The molecule has 0 amide bonds. The molecule has 0 saturated carbocycles. The van der Waals surface area contributed by atoms with Crippen LogP contribution < -0.4 is 5.32 Å². The molecule has 1 aromatic heterocycles. The average molecular weight is 287 g/mol. The van der Waals surface area contributed by atoms with Gasteiger partial charge in [-0.1, -0.05) is 32.4 Å². The van der Waals surface area contributed by atoms with Crippen molar-refractivity contribution in [3.63, 3.8) is 0 Å². The molecular formula is C14H23ClN2S. The lowest BCUT2D eigenvalue weighted by molar-refractivity contribution is 0.632. The van der Waals surface area contributed by atoms with E-state index in [1.165, 1.54) is 12.2 Å². The van der Waals surface area contributed by atoms with Gasteiger partial charge in [-0.2, -0.15) is 11.8 Å². The molecule has 0 saturated heterocycles. The first-order chi connectivity index (χ1) is 8.63. The van der Waals surface area contributed by atoms with Crippen LogP contribution in [0, 0.1) is 5.92 Å². The molecule has 0 aliphatic rings. The van der Waals surface area contributed by atoms with Crippen LogP contribution in [0.5, 0.6) is 0 Å². The van der Waals surface area contributed by atoms with E-state index in [4.69, 9.17) is 11.6 Å². The minimum atomic E-state index is 0.762. The topological polar surface area (TPSA) is 24.9 Å². The Morgan fingerprint density at radius 3 is 2.83 bits per heavy atom. The predicted octanol–water partition coefficient (Wildman–Crippen LogP) is 4.84. The number of nitrogens with zero attached hydrogens (tertiary/aromatic N) is 1. The Kier molecular flexibility index (Phi) is 7.52. The van der Waals surface area contributed by atoms with Crippen molar-refractivity contribution < 1.29 is 0 Å². The van der Waals surface area contributed by atoms with Gasteiger partial charge >= 0.3 is 0 Å². The van der Waals surface area contributed by atoms with Gasteiger partial charge < -0.3 is 5.32 Å². The minimum absolute atomic E-state index is 0.762. The molecule has 1 N–H and O–H groups in total. The molecule has 0 fully saturated rings. The van der Waals surface area contributed by atoms with E-state index in [1.54, 1.807) is 0 Å². The van der Waals surface area contributed by atoms with Gasteiger partial charge in [-0.05, 0) is 36.6 Å². The van der Waals surface area contributed by atoms with Gasteiger partial charge in [0.25, 0.3) is 0 Å². The third kappa shape index (κ3) is 5.96. The van der Waals surface area contributed by atoms with E-state index in [9.17, 15) is 0 Å². The lowest BCUT2D eigenvalue weighted by Crippen LogP contribution is -2.03. The van der Waals surface area contributed by atoms with E-state index >= 15 is 0 Å². The van der Waals surface area contributed by atoms with Crippen LogP contribution in [0.2, 0.25) is 5.02 Å². The number of pyridine rings is 1. The first-order valence-corrected chi connectivity index (χ1v) is 8.13. The Morgan fingerprint density at radius 1 is 1.39 bits per heavy atom. The highest BCUT2D eigenvalue weighted by atomic mass is 35.5. The van der Waals surface area contributed by atoms with E-state index in [2.05, 4.69) is 31.1 Å². The molecule has 0 bridgehead atoms. The monoisotopic (exact) mass is 286 g/mol. The second-order valence-electron chi connectivity index (χ2n) is 4.79. The molecule has 18 heavy (non-hydrogen) atoms. The maximum Gasteiger partial charge on any atom is 0.126 e. The third-order valence-corrected chi connectivity index (χ3v) is 3.90. The van der Waals surface area contributed by atoms with Crippen LogP contribution in [0.25, 0.3) is 0 Å². The molecule has 0 unspecified atom stereocenters. The van der Waals surface area contributed by atoms with Gasteiger partial charge in [0.1, 0.15) is 5.82 Å². The molecule has 2 nitrogen and oxygen atoms in total. The summed E-state index contributed by atoms with van der Waals surface area (Å²) in [4.78, 5) is 4.56. The van der Waals surface area contributed by atoms with Gasteiger partial charge in [-0.25, -0.2) is 4.98 Å². The Hall–Kier alpha value is -0.410. The van der Waals surface area contributed by atoms with Crippen molar-refractivity contribution in [1.29, 1.82) is 0 Å². The van der Waals surface area contributed by atoms with Crippen molar-refractivity contribution in [3.8, 4) is 0 Å². The molecule has 0 radical (unpaired) electrons. The third-order valence-electron chi connectivity index (χ3n) is 2.55. The van der Waals surface area contributed by atoms with Gasteiger partial charge in [-0.15, -0.1) is 0 Å². The van der Waals surface area contributed by atoms with Crippen LogP contribution in [0.4, 0.5) is 5.82 Å². The number of halogens is 1. The largest absolute Gasteiger partial charge is 0.370 e. The minimum Gasteiger partial charge on any atom is -0.370 e. The van der Waals surface area contributed by atoms with E-state index in [1.807, 2.05) is 23.9 Å². The summed E-state index contributed by atoms with van der Waals surface area (Å²) >= 11 is 8.07. The summed E-state index contributed by atoms with van der Waals surface area (Å²) in [6.45, 7) is 7.60. The lowest BCUT2D eigenvalue weighted by Gasteiger charge is -2.09. The highest BCUT2D eigenvalue weighted by Crippen LogP contribution is 2.22. The highest BCUT2D eigenvalue weighted by molar-refractivity contribution is 7.98. The molecule has 0 atom stereocenters. The van der Waals surface area contributed by atoms with Crippen molar-refractivity contribution in [2.75, 3.05) is 17.6 Å². The van der Waals surface area contributed by atoms with E-state index in [0.717, 1.165) is 41.2 Å². The average Bonchev–Trinajstić information content (AvgIpc) is 2.34. The Morgan fingerprint density at radius 2 is 2.17 bits per heavy atom. The van der Waals surface area contributed by atoms with E-state index < -0.39 is 0 Å².